The molecule has 7 heteroatoms. The molecule has 164 valence electrons. The van der Waals surface area contributed by atoms with Crippen LogP contribution in [0.1, 0.15) is 54.1 Å². The number of pyridine rings is 1. The number of rotatable bonds is 6. The molecule has 0 spiro atoms. The van der Waals surface area contributed by atoms with Crippen LogP contribution in [0.3, 0.4) is 0 Å². The smallest absolute Gasteiger partial charge is 0.179 e. The topological polar surface area (TPSA) is 42.7 Å². The zero-order chi connectivity index (χ0) is 21.5. The zero-order valence-electron chi connectivity index (χ0n) is 18.1. The standard InChI is InChI=1S/C24H28ClFN4O/c1-15-3-6-19(26)21(23(15)31-2)17-7-10-29(11-8-17)14-18-9-12-30-20(13-16-4-5-16)27-28-24(30)22(18)25/h3,6,9,12,16-17H,4-5,7-8,10-11,13-14H2,1-2H3/i2-1. The Kier molecular flexibility index (Phi) is 5.61. The van der Waals surface area contributed by atoms with Crippen molar-refractivity contribution in [3.63, 3.8) is 0 Å². The Morgan fingerprint density at radius 3 is 2.61 bits per heavy atom. The van der Waals surface area contributed by atoms with Crippen molar-refractivity contribution in [2.24, 2.45) is 5.92 Å². The number of aromatic nitrogens is 3. The molecule has 5 nitrogen and oxygen atoms in total. The maximum Gasteiger partial charge on any atom is 0.179 e. The first-order chi connectivity index (χ1) is 15.0. The molecule has 2 aromatic heterocycles. The van der Waals surface area contributed by atoms with Gasteiger partial charge in [0.1, 0.15) is 17.4 Å². The summed E-state index contributed by atoms with van der Waals surface area (Å²) in [6.45, 7) is 4.51. The third kappa shape index (κ3) is 4.03. The van der Waals surface area contributed by atoms with E-state index in [0.29, 0.717) is 10.8 Å². The van der Waals surface area contributed by atoms with E-state index in [1.807, 2.05) is 17.5 Å². The predicted molar refractivity (Wildman–Crippen MR) is 119 cm³/mol. The number of hydrogen-bond donors (Lipinski definition) is 0. The van der Waals surface area contributed by atoms with Gasteiger partial charge in [-0.25, -0.2) is 4.39 Å². The molecule has 0 N–H and O–H groups in total. The highest BCUT2D eigenvalue weighted by Crippen LogP contribution is 2.38. The molecule has 1 aliphatic heterocycles. The number of ether oxygens (including phenoxy) is 1. The Morgan fingerprint density at radius 1 is 1.13 bits per heavy atom. The molecule has 5 rings (SSSR count). The number of benzene rings is 1. The SMILES string of the molecule is Cc1ccc(F)c(C2CCN(Cc3ccn4c(CC5CC5)nnc4c3Cl)CC2)c1O[11CH3]. The van der Waals surface area contributed by atoms with Crippen LogP contribution in [0.4, 0.5) is 4.39 Å². The molecular weight excluding hydrogens is 414 g/mol. The molecule has 2 fully saturated rings. The van der Waals surface area contributed by atoms with Crippen LogP contribution < -0.4 is 4.74 Å². The first-order valence-corrected chi connectivity index (χ1v) is 11.5. The fourth-order valence-electron chi connectivity index (χ4n) is 4.81. The van der Waals surface area contributed by atoms with Crippen molar-refractivity contribution in [3.8, 4) is 5.75 Å². The molecule has 1 aliphatic carbocycles. The number of hydrogen-bond acceptors (Lipinski definition) is 4. The molecular formula is C24H28ClFN4O. The lowest BCUT2D eigenvalue weighted by Gasteiger charge is -2.33. The molecule has 3 heterocycles. The Hall–Kier alpha value is -2.18. The van der Waals surface area contributed by atoms with Gasteiger partial charge >= 0.3 is 0 Å². The van der Waals surface area contributed by atoms with E-state index in [1.54, 1.807) is 19.2 Å². The van der Waals surface area contributed by atoms with Crippen LogP contribution in [0, 0.1) is 18.7 Å². The second-order valence-electron chi connectivity index (χ2n) is 8.97. The fraction of sp³-hybridized carbons (Fsp3) is 0.500. The first kappa shape index (κ1) is 20.7. The van der Waals surface area contributed by atoms with Gasteiger partial charge in [-0.3, -0.25) is 9.30 Å². The minimum absolute atomic E-state index is 0.164. The van der Waals surface area contributed by atoms with E-state index in [2.05, 4.69) is 21.2 Å². The average Bonchev–Trinajstić information content (AvgIpc) is 3.50. The van der Waals surface area contributed by atoms with E-state index < -0.39 is 0 Å². The lowest BCUT2D eigenvalue weighted by molar-refractivity contribution is 0.201. The van der Waals surface area contributed by atoms with Gasteiger partial charge < -0.3 is 4.74 Å². The number of aryl methyl sites for hydroxylation is 1. The highest BCUT2D eigenvalue weighted by Gasteiger charge is 2.28. The minimum atomic E-state index is -0.164. The number of fused-ring (bicyclic) bond motifs is 1. The average molecular weight is 442 g/mol. The molecule has 31 heavy (non-hydrogen) atoms. The first-order valence-electron chi connectivity index (χ1n) is 11.1. The van der Waals surface area contributed by atoms with Crippen LogP contribution in [0.5, 0.6) is 5.75 Å². The van der Waals surface area contributed by atoms with Crippen molar-refractivity contribution in [3.05, 3.63) is 57.8 Å². The summed E-state index contributed by atoms with van der Waals surface area (Å²) in [5.41, 5.74) is 3.53. The highest BCUT2D eigenvalue weighted by atomic mass is 35.5. The van der Waals surface area contributed by atoms with Crippen molar-refractivity contribution in [2.45, 2.75) is 51.5 Å². The van der Waals surface area contributed by atoms with E-state index in [-0.39, 0.29) is 11.7 Å². The number of nitrogens with zero attached hydrogens (tertiary/aromatic N) is 4. The van der Waals surface area contributed by atoms with E-state index in [0.717, 1.165) is 73.0 Å². The van der Waals surface area contributed by atoms with Crippen molar-refractivity contribution >= 4 is 17.2 Å². The maximum atomic E-state index is 14.6. The van der Waals surface area contributed by atoms with Gasteiger partial charge in [0.15, 0.2) is 5.65 Å². The number of halogens is 2. The number of piperidine rings is 1. The van der Waals surface area contributed by atoms with Crippen molar-refractivity contribution in [1.29, 1.82) is 0 Å². The number of likely N-dealkylation sites (tertiary alicyclic amines) is 1. The molecule has 0 atom stereocenters. The van der Waals surface area contributed by atoms with Crippen LogP contribution in [-0.4, -0.2) is 39.7 Å². The molecule has 1 saturated carbocycles. The quantitative estimate of drug-likeness (QED) is 0.529. The van der Waals surface area contributed by atoms with Gasteiger partial charge in [0.2, 0.25) is 0 Å². The van der Waals surface area contributed by atoms with E-state index in [4.69, 9.17) is 16.3 Å². The molecule has 1 saturated heterocycles. The molecule has 2 aliphatic rings. The predicted octanol–water partition coefficient (Wildman–Crippen LogP) is 5.17. The summed E-state index contributed by atoms with van der Waals surface area (Å²) in [6, 6.07) is 5.43. The van der Waals surface area contributed by atoms with Gasteiger partial charge in [-0.05, 0) is 80.8 Å². The van der Waals surface area contributed by atoms with Gasteiger partial charge in [-0.15, -0.1) is 10.2 Å². The zero-order valence-corrected chi connectivity index (χ0v) is 18.8. The second kappa shape index (κ2) is 8.40. The van der Waals surface area contributed by atoms with Crippen LogP contribution in [0.25, 0.3) is 5.65 Å². The summed E-state index contributed by atoms with van der Waals surface area (Å²) in [6.07, 6.45) is 7.39. The Bertz CT molecular complexity index is 1100. The summed E-state index contributed by atoms with van der Waals surface area (Å²) in [4.78, 5) is 2.38. The summed E-state index contributed by atoms with van der Waals surface area (Å²) in [5, 5.41) is 9.40. The summed E-state index contributed by atoms with van der Waals surface area (Å²) >= 11 is 6.71. The normalized spacial score (nSPS) is 18.1. The van der Waals surface area contributed by atoms with Crippen molar-refractivity contribution in [1.82, 2.24) is 19.5 Å². The molecule has 0 amide bonds. The van der Waals surface area contributed by atoms with Gasteiger partial charge in [-0.1, -0.05) is 17.7 Å². The number of methoxy groups -OCH3 is 1. The van der Waals surface area contributed by atoms with Gasteiger partial charge in [0.25, 0.3) is 0 Å². The minimum Gasteiger partial charge on any atom is -0.496 e. The third-order valence-corrected chi connectivity index (χ3v) is 7.18. The molecule has 0 radical (unpaired) electrons. The van der Waals surface area contributed by atoms with E-state index in [9.17, 15) is 4.39 Å². The molecule has 1 aromatic carbocycles. The fourth-order valence-corrected chi connectivity index (χ4v) is 5.06. The summed E-state index contributed by atoms with van der Waals surface area (Å²) in [7, 11) is 1.62. The van der Waals surface area contributed by atoms with Crippen LogP contribution in [0.2, 0.25) is 5.02 Å². The lowest BCUT2D eigenvalue weighted by Crippen LogP contribution is -2.33. The Labute approximate surface area is 187 Å². The second-order valence-corrected chi connectivity index (χ2v) is 9.35. The van der Waals surface area contributed by atoms with Crippen LogP contribution >= 0.6 is 11.6 Å². The van der Waals surface area contributed by atoms with Gasteiger partial charge in [-0.2, -0.15) is 0 Å². The van der Waals surface area contributed by atoms with E-state index >= 15 is 0 Å². The van der Waals surface area contributed by atoms with Crippen LogP contribution in [-0.2, 0) is 13.0 Å². The summed E-state index contributed by atoms with van der Waals surface area (Å²) < 4.78 is 22.2. The monoisotopic (exact) mass is 441 g/mol. The van der Waals surface area contributed by atoms with Crippen molar-refractivity contribution < 1.29 is 9.13 Å². The molecule has 3 aromatic rings. The lowest BCUT2D eigenvalue weighted by atomic mass is 9.87. The van der Waals surface area contributed by atoms with Crippen molar-refractivity contribution in [2.75, 3.05) is 20.2 Å². The van der Waals surface area contributed by atoms with Gasteiger partial charge in [0, 0.05) is 24.7 Å². The maximum absolute atomic E-state index is 14.6. The van der Waals surface area contributed by atoms with Gasteiger partial charge in [0.05, 0.1) is 12.1 Å². The Morgan fingerprint density at radius 2 is 1.90 bits per heavy atom. The molecule has 0 unspecified atom stereocenters. The largest absolute Gasteiger partial charge is 0.496 e. The highest BCUT2D eigenvalue weighted by molar-refractivity contribution is 6.34. The third-order valence-electron chi connectivity index (χ3n) is 6.77. The van der Waals surface area contributed by atoms with E-state index in [1.165, 1.54) is 12.8 Å². The summed E-state index contributed by atoms with van der Waals surface area (Å²) in [5.74, 6) is 2.46. The molecule has 0 bridgehead atoms. The Balaban J connectivity index is 1.28. The van der Waals surface area contributed by atoms with Crippen LogP contribution in [0.15, 0.2) is 24.4 Å².